The van der Waals surface area contributed by atoms with E-state index in [-0.39, 0.29) is 6.61 Å². The second-order valence-corrected chi connectivity index (χ2v) is 5.53. The van der Waals surface area contributed by atoms with E-state index in [1.165, 1.54) is 5.56 Å². The fourth-order valence-electron chi connectivity index (χ4n) is 1.95. The summed E-state index contributed by atoms with van der Waals surface area (Å²) in [6.45, 7) is 2.77. The van der Waals surface area contributed by atoms with Crippen molar-refractivity contribution < 1.29 is 5.11 Å². The number of hydrogen-bond donors (Lipinski definition) is 1. The van der Waals surface area contributed by atoms with Crippen molar-refractivity contribution in [3.05, 3.63) is 57.7 Å². The van der Waals surface area contributed by atoms with E-state index >= 15 is 0 Å². The number of pyridine rings is 1. The van der Waals surface area contributed by atoms with E-state index in [1.807, 2.05) is 38.2 Å². The molecule has 0 spiro atoms. The number of aromatic nitrogens is 1. The minimum Gasteiger partial charge on any atom is -0.392 e. The highest BCUT2D eigenvalue weighted by molar-refractivity contribution is 9.10. The highest BCUT2D eigenvalue weighted by atomic mass is 79.9. The maximum Gasteiger partial charge on any atom is 0.129 e. The molecule has 1 aromatic carbocycles. The topological polar surface area (TPSA) is 36.4 Å². The van der Waals surface area contributed by atoms with Crippen LogP contribution in [-0.4, -0.2) is 17.1 Å². The molecule has 0 aliphatic heterocycles. The summed E-state index contributed by atoms with van der Waals surface area (Å²) >= 11 is 3.43. The third kappa shape index (κ3) is 3.78. The highest BCUT2D eigenvalue weighted by Crippen LogP contribution is 2.17. The monoisotopic (exact) mass is 320 g/mol. The summed E-state index contributed by atoms with van der Waals surface area (Å²) in [5.74, 6) is 0.881. The van der Waals surface area contributed by atoms with E-state index in [1.54, 1.807) is 0 Å². The zero-order valence-electron chi connectivity index (χ0n) is 11.1. The van der Waals surface area contributed by atoms with Crippen LogP contribution in [0.2, 0.25) is 0 Å². The lowest BCUT2D eigenvalue weighted by atomic mass is 10.2. The molecule has 0 bridgehead atoms. The molecule has 1 heterocycles. The van der Waals surface area contributed by atoms with E-state index in [0.29, 0.717) is 0 Å². The Morgan fingerprint density at radius 2 is 1.84 bits per heavy atom. The van der Waals surface area contributed by atoms with Crippen LogP contribution in [0.1, 0.15) is 16.8 Å². The molecule has 0 saturated heterocycles. The normalized spacial score (nSPS) is 10.5. The molecule has 100 valence electrons. The summed E-state index contributed by atoms with van der Waals surface area (Å²) in [6, 6.07) is 12.1. The second kappa shape index (κ2) is 6.17. The van der Waals surface area contributed by atoms with Crippen molar-refractivity contribution in [2.75, 3.05) is 11.9 Å². The van der Waals surface area contributed by atoms with Gasteiger partial charge in [-0.05, 0) is 42.3 Å². The first-order chi connectivity index (χ1) is 9.08. The van der Waals surface area contributed by atoms with Crippen LogP contribution in [0.5, 0.6) is 0 Å². The van der Waals surface area contributed by atoms with Gasteiger partial charge in [0.05, 0.1) is 6.61 Å². The number of nitrogens with zero attached hydrogens (tertiary/aromatic N) is 2. The molecule has 4 heteroatoms. The van der Waals surface area contributed by atoms with E-state index in [2.05, 4.69) is 37.9 Å². The quantitative estimate of drug-likeness (QED) is 0.939. The van der Waals surface area contributed by atoms with Crippen molar-refractivity contribution >= 4 is 21.7 Å². The van der Waals surface area contributed by atoms with Crippen LogP contribution in [0.25, 0.3) is 0 Å². The van der Waals surface area contributed by atoms with Gasteiger partial charge in [-0.3, -0.25) is 0 Å². The Bertz CT molecular complexity index is 555. The van der Waals surface area contributed by atoms with E-state index in [0.717, 1.165) is 28.1 Å². The number of aryl methyl sites for hydroxylation is 1. The standard InChI is InChI=1S/C15H17BrN2O/c1-11-7-13(10-19)8-15(17-11)18(2)9-12-3-5-14(16)6-4-12/h3-8,19H,9-10H2,1-2H3. The highest BCUT2D eigenvalue weighted by Gasteiger charge is 2.06. The van der Waals surface area contributed by atoms with Gasteiger partial charge in [0.1, 0.15) is 5.82 Å². The SMILES string of the molecule is Cc1cc(CO)cc(N(C)Cc2ccc(Br)cc2)n1. The fourth-order valence-corrected chi connectivity index (χ4v) is 2.22. The van der Waals surface area contributed by atoms with Gasteiger partial charge in [0.2, 0.25) is 0 Å². The third-order valence-electron chi connectivity index (χ3n) is 2.91. The van der Waals surface area contributed by atoms with Gasteiger partial charge in [0, 0.05) is 23.8 Å². The number of halogens is 1. The molecule has 0 amide bonds. The summed E-state index contributed by atoms with van der Waals surface area (Å²) in [5.41, 5.74) is 3.04. The molecular weight excluding hydrogens is 304 g/mol. The van der Waals surface area contributed by atoms with Crippen molar-refractivity contribution in [3.8, 4) is 0 Å². The van der Waals surface area contributed by atoms with Crippen LogP contribution >= 0.6 is 15.9 Å². The first-order valence-electron chi connectivity index (χ1n) is 6.12. The zero-order valence-corrected chi connectivity index (χ0v) is 12.7. The smallest absolute Gasteiger partial charge is 0.129 e. The Labute approximate surface area is 122 Å². The van der Waals surface area contributed by atoms with E-state index in [9.17, 15) is 5.11 Å². The van der Waals surface area contributed by atoms with Crippen LogP contribution in [0, 0.1) is 6.92 Å². The van der Waals surface area contributed by atoms with Crippen LogP contribution in [0.4, 0.5) is 5.82 Å². The van der Waals surface area contributed by atoms with Gasteiger partial charge in [0.15, 0.2) is 0 Å². The third-order valence-corrected chi connectivity index (χ3v) is 3.44. The number of rotatable bonds is 4. The maximum atomic E-state index is 9.24. The van der Waals surface area contributed by atoms with Crippen molar-refractivity contribution in [3.63, 3.8) is 0 Å². The Balaban J connectivity index is 2.17. The Morgan fingerprint density at radius 1 is 1.16 bits per heavy atom. The van der Waals surface area contributed by atoms with Gasteiger partial charge in [-0.15, -0.1) is 0 Å². The van der Waals surface area contributed by atoms with Crippen molar-refractivity contribution in [1.82, 2.24) is 4.98 Å². The Kier molecular flexibility index (Phi) is 4.56. The molecule has 0 atom stereocenters. The molecule has 0 unspecified atom stereocenters. The van der Waals surface area contributed by atoms with E-state index in [4.69, 9.17) is 0 Å². The van der Waals surface area contributed by atoms with Crippen LogP contribution in [0.15, 0.2) is 40.9 Å². The van der Waals surface area contributed by atoms with Crippen molar-refractivity contribution in [2.45, 2.75) is 20.1 Å². The number of aliphatic hydroxyl groups is 1. The van der Waals surface area contributed by atoms with Gasteiger partial charge in [0.25, 0.3) is 0 Å². The first kappa shape index (κ1) is 14.0. The van der Waals surface area contributed by atoms with Crippen LogP contribution < -0.4 is 4.90 Å². The summed E-state index contributed by atoms with van der Waals surface area (Å²) in [6.07, 6.45) is 0. The largest absolute Gasteiger partial charge is 0.392 e. The van der Waals surface area contributed by atoms with Crippen LogP contribution in [-0.2, 0) is 13.2 Å². The first-order valence-corrected chi connectivity index (χ1v) is 6.92. The fraction of sp³-hybridized carbons (Fsp3) is 0.267. The van der Waals surface area contributed by atoms with E-state index < -0.39 is 0 Å². The number of anilines is 1. The molecule has 3 nitrogen and oxygen atoms in total. The molecule has 0 radical (unpaired) electrons. The Hall–Kier alpha value is -1.39. The van der Waals surface area contributed by atoms with Gasteiger partial charge >= 0.3 is 0 Å². The zero-order chi connectivity index (χ0) is 13.8. The molecular formula is C15H17BrN2O. The maximum absolute atomic E-state index is 9.24. The number of aliphatic hydroxyl groups excluding tert-OH is 1. The minimum absolute atomic E-state index is 0.0441. The Morgan fingerprint density at radius 3 is 2.47 bits per heavy atom. The summed E-state index contributed by atoms with van der Waals surface area (Å²) in [5, 5.41) is 9.24. The molecule has 0 saturated carbocycles. The van der Waals surface area contributed by atoms with Gasteiger partial charge < -0.3 is 10.0 Å². The lowest BCUT2D eigenvalue weighted by molar-refractivity contribution is 0.281. The predicted octanol–water partition coefficient (Wildman–Crippen LogP) is 3.28. The average Bonchev–Trinajstić information content (AvgIpc) is 2.40. The molecule has 1 aromatic heterocycles. The summed E-state index contributed by atoms with van der Waals surface area (Å²) in [4.78, 5) is 6.58. The second-order valence-electron chi connectivity index (χ2n) is 4.62. The average molecular weight is 321 g/mol. The van der Waals surface area contributed by atoms with Gasteiger partial charge in [-0.2, -0.15) is 0 Å². The molecule has 0 aliphatic carbocycles. The predicted molar refractivity (Wildman–Crippen MR) is 81.1 cm³/mol. The molecule has 0 aliphatic rings. The minimum atomic E-state index is 0.0441. The summed E-state index contributed by atoms with van der Waals surface area (Å²) < 4.78 is 1.08. The molecule has 19 heavy (non-hydrogen) atoms. The molecule has 2 rings (SSSR count). The number of benzene rings is 1. The van der Waals surface area contributed by atoms with Crippen molar-refractivity contribution in [1.29, 1.82) is 0 Å². The van der Waals surface area contributed by atoms with Crippen molar-refractivity contribution in [2.24, 2.45) is 0 Å². The molecule has 1 N–H and O–H groups in total. The molecule has 0 fully saturated rings. The lowest BCUT2D eigenvalue weighted by Gasteiger charge is -2.19. The van der Waals surface area contributed by atoms with Gasteiger partial charge in [-0.25, -0.2) is 4.98 Å². The van der Waals surface area contributed by atoms with Crippen LogP contribution in [0.3, 0.4) is 0 Å². The lowest BCUT2D eigenvalue weighted by Crippen LogP contribution is -2.18. The number of hydrogen-bond acceptors (Lipinski definition) is 3. The molecule has 2 aromatic rings. The summed E-state index contributed by atoms with van der Waals surface area (Å²) in [7, 11) is 2.00. The van der Waals surface area contributed by atoms with Gasteiger partial charge in [-0.1, -0.05) is 28.1 Å².